The van der Waals surface area contributed by atoms with E-state index in [-0.39, 0.29) is 6.04 Å². The lowest BCUT2D eigenvalue weighted by Crippen LogP contribution is -2.23. The molecule has 1 heterocycles. The highest BCUT2D eigenvalue weighted by molar-refractivity contribution is 7.09. The van der Waals surface area contributed by atoms with Crippen LogP contribution in [-0.4, -0.2) is 6.54 Å². The van der Waals surface area contributed by atoms with Crippen molar-refractivity contribution in [2.75, 3.05) is 6.54 Å². The molecule has 1 atom stereocenters. The van der Waals surface area contributed by atoms with E-state index in [1.165, 1.54) is 4.88 Å². The molecule has 1 aromatic carbocycles. The van der Waals surface area contributed by atoms with Crippen molar-refractivity contribution in [2.45, 2.75) is 19.4 Å². The summed E-state index contributed by atoms with van der Waals surface area (Å²) < 4.78 is 0. The van der Waals surface area contributed by atoms with Gasteiger partial charge in [0.25, 0.3) is 0 Å². The molecule has 0 aliphatic heterocycles. The second-order valence-corrected chi connectivity index (χ2v) is 5.85. The molecule has 2 rings (SSSR count). The summed E-state index contributed by atoms with van der Waals surface area (Å²) in [5.41, 5.74) is 1.07. The number of thiophene rings is 1. The Morgan fingerprint density at radius 1 is 1.22 bits per heavy atom. The molecule has 0 aliphatic rings. The Balaban J connectivity index is 2.26. The number of nitrogens with one attached hydrogen (secondary N) is 1. The number of hydrogen-bond donors (Lipinski definition) is 1. The fourth-order valence-electron chi connectivity index (χ4n) is 1.96. The zero-order chi connectivity index (χ0) is 13.0. The monoisotopic (exact) mass is 299 g/mol. The van der Waals surface area contributed by atoms with Crippen LogP contribution in [0.2, 0.25) is 10.0 Å². The molecule has 0 aliphatic carbocycles. The molecule has 18 heavy (non-hydrogen) atoms. The summed E-state index contributed by atoms with van der Waals surface area (Å²) in [4.78, 5) is 1.34. The maximum Gasteiger partial charge on any atom is 0.0640 e. The standard InChI is InChI=1S/C14H15Cl2NS/c1-2-17-13(9-10-5-4-8-18-10)11-6-3-7-12(15)14(11)16/h3-8,13,17H,2,9H2,1H3. The molecule has 0 spiro atoms. The minimum Gasteiger partial charge on any atom is -0.310 e. The van der Waals surface area contributed by atoms with Gasteiger partial charge in [-0.3, -0.25) is 0 Å². The van der Waals surface area contributed by atoms with Gasteiger partial charge in [-0.2, -0.15) is 0 Å². The molecular formula is C14H15Cl2NS. The Bertz CT molecular complexity index is 497. The van der Waals surface area contributed by atoms with Crippen LogP contribution in [0, 0.1) is 0 Å². The van der Waals surface area contributed by atoms with Gasteiger partial charge in [-0.1, -0.05) is 48.3 Å². The molecule has 96 valence electrons. The average molecular weight is 300 g/mol. The lowest BCUT2D eigenvalue weighted by molar-refractivity contribution is 0.553. The summed E-state index contributed by atoms with van der Waals surface area (Å²) in [7, 11) is 0. The predicted molar refractivity (Wildman–Crippen MR) is 80.9 cm³/mol. The highest BCUT2D eigenvalue weighted by atomic mass is 35.5. The van der Waals surface area contributed by atoms with E-state index in [2.05, 4.69) is 29.8 Å². The van der Waals surface area contributed by atoms with Gasteiger partial charge in [-0.15, -0.1) is 11.3 Å². The van der Waals surface area contributed by atoms with Crippen molar-refractivity contribution in [1.29, 1.82) is 0 Å². The van der Waals surface area contributed by atoms with Crippen LogP contribution in [0.1, 0.15) is 23.4 Å². The lowest BCUT2D eigenvalue weighted by atomic mass is 10.0. The van der Waals surface area contributed by atoms with Crippen molar-refractivity contribution in [2.24, 2.45) is 0 Å². The summed E-state index contributed by atoms with van der Waals surface area (Å²) in [5, 5.41) is 6.83. The number of hydrogen-bond acceptors (Lipinski definition) is 2. The summed E-state index contributed by atoms with van der Waals surface area (Å²) in [6.45, 7) is 3.00. The van der Waals surface area contributed by atoms with Crippen LogP contribution >= 0.6 is 34.5 Å². The van der Waals surface area contributed by atoms with Crippen molar-refractivity contribution in [3.05, 3.63) is 56.2 Å². The predicted octanol–water partition coefficient (Wildman–Crippen LogP) is 4.95. The third-order valence-corrected chi connectivity index (χ3v) is 4.53. The van der Waals surface area contributed by atoms with Gasteiger partial charge in [0.2, 0.25) is 0 Å². The molecule has 1 unspecified atom stereocenters. The minimum absolute atomic E-state index is 0.208. The molecule has 2 aromatic rings. The highest BCUT2D eigenvalue weighted by Crippen LogP contribution is 2.32. The summed E-state index contributed by atoms with van der Waals surface area (Å²) in [6, 6.07) is 10.2. The van der Waals surface area contributed by atoms with Gasteiger partial charge in [0.15, 0.2) is 0 Å². The maximum absolute atomic E-state index is 6.30. The van der Waals surface area contributed by atoms with Crippen molar-refractivity contribution in [3.63, 3.8) is 0 Å². The first-order valence-electron chi connectivity index (χ1n) is 5.92. The Morgan fingerprint density at radius 3 is 2.72 bits per heavy atom. The van der Waals surface area contributed by atoms with E-state index in [1.807, 2.05) is 18.2 Å². The van der Waals surface area contributed by atoms with Gasteiger partial charge in [0.05, 0.1) is 10.0 Å². The van der Waals surface area contributed by atoms with E-state index >= 15 is 0 Å². The molecule has 0 saturated carbocycles. The fraction of sp³-hybridized carbons (Fsp3) is 0.286. The topological polar surface area (TPSA) is 12.0 Å². The third-order valence-electron chi connectivity index (χ3n) is 2.79. The SMILES string of the molecule is CCNC(Cc1cccs1)c1cccc(Cl)c1Cl. The molecule has 0 amide bonds. The molecular weight excluding hydrogens is 285 g/mol. The van der Waals surface area contributed by atoms with E-state index in [1.54, 1.807) is 11.3 Å². The first-order valence-corrected chi connectivity index (χ1v) is 7.55. The Labute approximate surface area is 122 Å². The highest BCUT2D eigenvalue weighted by Gasteiger charge is 2.16. The number of halogens is 2. The van der Waals surface area contributed by atoms with Gasteiger partial charge in [0.1, 0.15) is 0 Å². The van der Waals surface area contributed by atoms with E-state index < -0.39 is 0 Å². The van der Waals surface area contributed by atoms with E-state index in [9.17, 15) is 0 Å². The second-order valence-electron chi connectivity index (χ2n) is 4.04. The Morgan fingerprint density at radius 2 is 2.06 bits per heavy atom. The van der Waals surface area contributed by atoms with Crippen molar-refractivity contribution in [1.82, 2.24) is 5.32 Å². The smallest absolute Gasteiger partial charge is 0.0640 e. The molecule has 1 aromatic heterocycles. The largest absolute Gasteiger partial charge is 0.310 e. The first kappa shape index (κ1) is 13.9. The molecule has 0 bridgehead atoms. The molecule has 0 radical (unpaired) electrons. The molecule has 0 fully saturated rings. The van der Waals surface area contributed by atoms with Gasteiger partial charge in [-0.05, 0) is 29.6 Å². The average Bonchev–Trinajstić information content (AvgIpc) is 2.85. The summed E-state index contributed by atoms with van der Waals surface area (Å²) in [5.74, 6) is 0. The quantitative estimate of drug-likeness (QED) is 0.824. The molecule has 0 saturated heterocycles. The van der Waals surface area contributed by atoms with Gasteiger partial charge >= 0.3 is 0 Å². The van der Waals surface area contributed by atoms with E-state index in [0.29, 0.717) is 10.0 Å². The first-order chi connectivity index (χ1) is 8.72. The van der Waals surface area contributed by atoms with Gasteiger partial charge in [0, 0.05) is 17.3 Å². The zero-order valence-electron chi connectivity index (χ0n) is 10.1. The second kappa shape index (κ2) is 6.58. The molecule has 4 heteroatoms. The number of rotatable bonds is 5. The number of likely N-dealkylation sites (N-methyl/N-ethyl adjacent to an activating group) is 1. The normalized spacial score (nSPS) is 12.6. The maximum atomic E-state index is 6.30. The minimum atomic E-state index is 0.208. The van der Waals surface area contributed by atoms with Gasteiger partial charge in [-0.25, -0.2) is 0 Å². The van der Waals surface area contributed by atoms with Crippen LogP contribution in [0.25, 0.3) is 0 Å². The summed E-state index contributed by atoms with van der Waals surface area (Å²) >= 11 is 14.1. The van der Waals surface area contributed by atoms with Crippen LogP contribution in [-0.2, 0) is 6.42 Å². The van der Waals surface area contributed by atoms with Gasteiger partial charge < -0.3 is 5.32 Å². The van der Waals surface area contributed by atoms with Crippen molar-refractivity contribution < 1.29 is 0 Å². The van der Waals surface area contributed by atoms with Crippen LogP contribution < -0.4 is 5.32 Å². The third kappa shape index (κ3) is 3.27. The van der Waals surface area contributed by atoms with Crippen molar-refractivity contribution >= 4 is 34.5 Å². The lowest BCUT2D eigenvalue weighted by Gasteiger charge is -2.19. The van der Waals surface area contributed by atoms with Crippen molar-refractivity contribution in [3.8, 4) is 0 Å². The van der Waals surface area contributed by atoms with E-state index in [4.69, 9.17) is 23.2 Å². The van der Waals surface area contributed by atoms with Crippen LogP contribution in [0.15, 0.2) is 35.7 Å². The van der Waals surface area contributed by atoms with E-state index in [0.717, 1.165) is 18.5 Å². The van der Waals surface area contributed by atoms with Crippen LogP contribution in [0.3, 0.4) is 0 Å². The zero-order valence-corrected chi connectivity index (χ0v) is 12.4. The van der Waals surface area contributed by atoms with Crippen LogP contribution in [0.4, 0.5) is 0 Å². The number of benzene rings is 1. The molecule has 1 N–H and O–H groups in total. The molecule has 1 nitrogen and oxygen atoms in total. The summed E-state index contributed by atoms with van der Waals surface area (Å²) in [6.07, 6.45) is 0.936. The Hall–Kier alpha value is -0.540. The Kier molecular flexibility index (Phi) is 5.07. The van der Waals surface area contributed by atoms with Crippen LogP contribution in [0.5, 0.6) is 0 Å². The fourth-order valence-corrected chi connectivity index (χ4v) is 3.15.